The Morgan fingerprint density at radius 1 is 1.30 bits per heavy atom. The molecule has 0 aliphatic carbocycles. The lowest BCUT2D eigenvalue weighted by molar-refractivity contribution is -0.141. The van der Waals surface area contributed by atoms with Crippen LogP contribution in [0, 0.1) is 18.6 Å². The zero-order valence-corrected chi connectivity index (χ0v) is 15.6. The van der Waals surface area contributed by atoms with Crippen LogP contribution in [-0.2, 0) is 22.6 Å². The van der Waals surface area contributed by atoms with Gasteiger partial charge in [0.05, 0.1) is 23.0 Å². The lowest BCUT2D eigenvalue weighted by Crippen LogP contribution is -2.23. The van der Waals surface area contributed by atoms with Crippen LogP contribution < -0.4 is 4.80 Å². The van der Waals surface area contributed by atoms with Gasteiger partial charge in [-0.25, -0.2) is 8.78 Å². The molecule has 0 radical (unpaired) electrons. The Hall–Kier alpha value is -2.88. The molecule has 0 fully saturated rings. The Balaban J connectivity index is 2.21. The van der Waals surface area contributed by atoms with Gasteiger partial charge in [-0.2, -0.15) is 10.1 Å². The fourth-order valence-corrected chi connectivity index (χ4v) is 3.72. The summed E-state index contributed by atoms with van der Waals surface area (Å²) >= 11 is 0.906. The fourth-order valence-electron chi connectivity index (χ4n) is 2.66. The summed E-state index contributed by atoms with van der Waals surface area (Å²) in [5, 5.41) is 4.19. The van der Waals surface area contributed by atoms with Gasteiger partial charge >= 0.3 is 5.97 Å². The molecule has 0 spiro atoms. The third kappa shape index (κ3) is 3.65. The average Bonchev–Trinajstić information content (AvgIpc) is 3.15. The Kier molecular flexibility index (Phi) is 5.17. The highest BCUT2D eigenvalue weighted by atomic mass is 32.1. The quantitative estimate of drug-likeness (QED) is 0.637. The van der Waals surface area contributed by atoms with Gasteiger partial charge in [0, 0.05) is 12.6 Å². The first-order valence-corrected chi connectivity index (χ1v) is 8.84. The first-order chi connectivity index (χ1) is 12.8. The van der Waals surface area contributed by atoms with E-state index in [0.29, 0.717) is 18.3 Å². The van der Waals surface area contributed by atoms with Crippen LogP contribution in [0.3, 0.4) is 0 Å². The third-order valence-corrected chi connectivity index (χ3v) is 4.85. The second kappa shape index (κ2) is 7.39. The monoisotopic (exact) mass is 394 g/mol. The number of rotatable bonds is 4. The van der Waals surface area contributed by atoms with Crippen LogP contribution in [0.15, 0.2) is 23.2 Å². The second-order valence-corrected chi connectivity index (χ2v) is 6.69. The van der Waals surface area contributed by atoms with E-state index in [0.717, 1.165) is 17.4 Å². The van der Waals surface area contributed by atoms with Crippen LogP contribution in [-0.4, -0.2) is 33.3 Å². The number of aromatic nitrogens is 3. The van der Waals surface area contributed by atoms with Crippen molar-refractivity contribution in [2.75, 3.05) is 7.11 Å². The van der Waals surface area contributed by atoms with Gasteiger partial charge in [0.25, 0.3) is 5.91 Å². The molecule has 10 heteroatoms. The normalized spacial score (nSPS) is 12.0. The molecule has 0 saturated heterocycles. The van der Waals surface area contributed by atoms with Gasteiger partial charge in [-0.1, -0.05) is 11.3 Å². The summed E-state index contributed by atoms with van der Waals surface area (Å²) in [5.74, 6) is -2.86. The van der Waals surface area contributed by atoms with Crippen LogP contribution in [0.4, 0.5) is 8.78 Å². The molecule has 0 unspecified atom stereocenters. The minimum atomic E-state index is -0.853. The molecule has 0 saturated carbocycles. The van der Waals surface area contributed by atoms with Gasteiger partial charge in [-0.15, -0.1) is 0 Å². The van der Waals surface area contributed by atoms with Crippen molar-refractivity contribution < 1.29 is 23.1 Å². The van der Waals surface area contributed by atoms with Crippen molar-refractivity contribution in [3.63, 3.8) is 0 Å². The molecule has 0 bridgehead atoms. The molecule has 2 heterocycles. The maximum atomic E-state index is 14.3. The lowest BCUT2D eigenvalue weighted by Gasteiger charge is -2.04. The number of thiazole rings is 1. The van der Waals surface area contributed by atoms with Crippen molar-refractivity contribution in [2.45, 2.75) is 26.9 Å². The first-order valence-electron chi connectivity index (χ1n) is 8.02. The van der Waals surface area contributed by atoms with E-state index in [1.165, 1.54) is 16.4 Å². The number of hydrogen-bond acceptors (Lipinski definition) is 5. The summed E-state index contributed by atoms with van der Waals surface area (Å²) in [4.78, 5) is 28.5. The molecule has 2 aromatic heterocycles. The Morgan fingerprint density at radius 2 is 2.04 bits per heavy atom. The number of methoxy groups -OCH3 is 1. The summed E-state index contributed by atoms with van der Waals surface area (Å²) in [5.41, 5.74) is 0.907. The molecular weight excluding hydrogens is 378 g/mol. The molecule has 3 rings (SSSR count). The number of fused-ring (bicyclic) bond motifs is 1. The smallest absolute Gasteiger partial charge is 0.325 e. The number of amides is 1. The number of halogens is 2. The van der Waals surface area contributed by atoms with E-state index in [1.54, 1.807) is 13.0 Å². The lowest BCUT2D eigenvalue weighted by atomic mass is 10.3. The van der Waals surface area contributed by atoms with E-state index in [1.807, 2.05) is 6.92 Å². The van der Waals surface area contributed by atoms with E-state index in [4.69, 9.17) is 0 Å². The largest absolute Gasteiger partial charge is 0.468 e. The molecule has 27 heavy (non-hydrogen) atoms. The zero-order valence-electron chi connectivity index (χ0n) is 14.8. The van der Waals surface area contributed by atoms with E-state index >= 15 is 0 Å². The van der Waals surface area contributed by atoms with Crippen molar-refractivity contribution in [1.29, 1.82) is 0 Å². The number of carbonyl (C=O) groups is 2. The first kappa shape index (κ1) is 18.9. The van der Waals surface area contributed by atoms with Gasteiger partial charge in [0.1, 0.15) is 18.1 Å². The van der Waals surface area contributed by atoms with Crippen LogP contribution in [0.2, 0.25) is 0 Å². The van der Waals surface area contributed by atoms with E-state index in [9.17, 15) is 18.4 Å². The topological polar surface area (TPSA) is 78.5 Å². The van der Waals surface area contributed by atoms with Crippen LogP contribution in [0.25, 0.3) is 10.2 Å². The van der Waals surface area contributed by atoms with E-state index in [-0.39, 0.29) is 27.3 Å². The van der Waals surface area contributed by atoms with E-state index in [2.05, 4.69) is 14.8 Å². The van der Waals surface area contributed by atoms with Crippen molar-refractivity contribution in [1.82, 2.24) is 14.3 Å². The average molecular weight is 394 g/mol. The van der Waals surface area contributed by atoms with Gasteiger partial charge in [0.2, 0.25) is 0 Å². The molecular formula is C17H16F2N4O3S. The molecule has 1 aromatic carbocycles. The third-order valence-electron chi connectivity index (χ3n) is 3.83. The van der Waals surface area contributed by atoms with Gasteiger partial charge in [0.15, 0.2) is 10.6 Å². The molecule has 0 atom stereocenters. The van der Waals surface area contributed by atoms with Crippen molar-refractivity contribution >= 4 is 33.4 Å². The summed E-state index contributed by atoms with van der Waals surface area (Å²) in [6.45, 7) is 3.69. The Bertz CT molecular complexity index is 1110. The van der Waals surface area contributed by atoms with Crippen molar-refractivity contribution in [2.24, 2.45) is 4.99 Å². The predicted octanol–water partition coefficient (Wildman–Crippen LogP) is 2.42. The maximum absolute atomic E-state index is 14.3. The minimum Gasteiger partial charge on any atom is -0.468 e. The van der Waals surface area contributed by atoms with Gasteiger partial charge in [-0.3, -0.25) is 14.3 Å². The molecule has 7 nitrogen and oxygen atoms in total. The summed E-state index contributed by atoms with van der Waals surface area (Å²) < 4.78 is 35.4. The molecule has 0 N–H and O–H groups in total. The highest BCUT2D eigenvalue weighted by Gasteiger charge is 2.18. The Labute approximate surface area is 156 Å². The Morgan fingerprint density at radius 3 is 2.70 bits per heavy atom. The fraction of sp³-hybridized carbons (Fsp3) is 0.294. The number of aryl methyl sites for hydroxylation is 2. The highest BCUT2D eigenvalue weighted by molar-refractivity contribution is 7.16. The maximum Gasteiger partial charge on any atom is 0.325 e. The number of hydrogen-bond donors (Lipinski definition) is 0. The van der Waals surface area contributed by atoms with Gasteiger partial charge in [-0.05, 0) is 26.0 Å². The highest BCUT2D eigenvalue weighted by Crippen LogP contribution is 2.22. The predicted molar refractivity (Wildman–Crippen MR) is 94.3 cm³/mol. The van der Waals surface area contributed by atoms with Gasteiger partial charge < -0.3 is 9.30 Å². The van der Waals surface area contributed by atoms with Crippen LogP contribution in [0.1, 0.15) is 23.1 Å². The number of ether oxygens (including phenoxy) is 1. The number of carbonyl (C=O) groups excluding carboxylic acids is 2. The number of nitrogens with zero attached hydrogens (tertiary/aromatic N) is 4. The van der Waals surface area contributed by atoms with E-state index < -0.39 is 23.5 Å². The molecule has 3 aromatic rings. The number of esters is 1. The molecule has 1 amide bonds. The number of benzene rings is 1. The van der Waals surface area contributed by atoms with Crippen molar-refractivity contribution in [3.8, 4) is 0 Å². The second-order valence-electron chi connectivity index (χ2n) is 5.68. The molecule has 142 valence electrons. The standard InChI is InChI=1S/C17H16F2N4O3S/c1-4-23-12(5-9(2)21-23)16(25)20-17-22(8-14(24)26-3)15-11(19)6-10(18)7-13(15)27-17/h5-7H,4,8H2,1-3H3. The SMILES string of the molecule is CCn1nc(C)cc1C(=O)N=c1sc2cc(F)cc(F)c2n1CC(=O)OC. The zero-order chi connectivity index (χ0) is 19.7. The minimum absolute atomic E-state index is 0.0153. The summed E-state index contributed by atoms with van der Waals surface area (Å²) in [7, 11) is 1.19. The molecule has 0 aliphatic heterocycles. The van der Waals surface area contributed by atoms with Crippen LogP contribution in [0.5, 0.6) is 0 Å². The summed E-state index contributed by atoms with van der Waals surface area (Å²) in [6, 6.07) is 3.43. The molecule has 0 aliphatic rings. The van der Waals surface area contributed by atoms with Crippen LogP contribution >= 0.6 is 11.3 Å². The summed E-state index contributed by atoms with van der Waals surface area (Å²) in [6.07, 6.45) is 0. The van der Waals surface area contributed by atoms with Crippen molar-refractivity contribution in [3.05, 3.63) is 46.0 Å².